The molecule has 31 heavy (non-hydrogen) atoms. The number of amides is 2. The lowest BCUT2D eigenvalue weighted by atomic mass is 10.0. The Morgan fingerprint density at radius 3 is 2.13 bits per heavy atom. The van der Waals surface area contributed by atoms with Crippen LogP contribution in [0.1, 0.15) is 26.3 Å². The number of hydrogen-bond acceptors (Lipinski definition) is 3. The van der Waals surface area contributed by atoms with Crippen LogP contribution in [0.4, 0.5) is 5.69 Å². The number of rotatable bonds is 6. The van der Waals surface area contributed by atoms with E-state index < -0.39 is 0 Å². The smallest absolute Gasteiger partial charge is 0.255 e. The Labute approximate surface area is 180 Å². The van der Waals surface area contributed by atoms with E-state index in [-0.39, 0.29) is 11.8 Å². The predicted molar refractivity (Wildman–Crippen MR) is 122 cm³/mol. The highest BCUT2D eigenvalue weighted by Gasteiger charge is 2.09. The first-order valence-corrected chi connectivity index (χ1v) is 9.93. The van der Waals surface area contributed by atoms with Gasteiger partial charge < -0.3 is 10.6 Å². The molecule has 0 bridgehead atoms. The fourth-order valence-electron chi connectivity index (χ4n) is 3.19. The first-order valence-electron chi connectivity index (χ1n) is 9.93. The van der Waals surface area contributed by atoms with Gasteiger partial charge in [-0.2, -0.15) is 0 Å². The normalized spacial score (nSPS) is 10.3. The predicted octanol–water partition coefficient (Wildman–Crippen LogP) is 4.93. The van der Waals surface area contributed by atoms with E-state index in [4.69, 9.17) is 0 Å². The van der Waals surface area contributed by atoms with E-state index in [0.717, 1.165) is 22.4 Å². The molecule has 0 unspecified atom stereocenters. The average Bonchev–Trinajstić information content (AvgIpc) is 2.84. The van der Waals surface area contributed by atoms with Crippen LogP contribution in [0, 0.1) is 0 Å². The summed E-state index contributed by atoms with van der Waals surface area (Å²) in [5.41, 5.74) is 4.78. The molecule has 1 aromatic heterocycles. The van der Waals surface area contributed by atoms with E-state index in [2.05, 4.69) is 15.6 Å². The van der Waals surface area contributed by atoms with Gasteiger partial charge in [-0.25, -0.2) is 0 Å². The molecule has 1 heterocycles. The maximum atomic E-state index is 12.5. The van der Waals surface area contributed by atoms with Crippen molar-refractivity contribution in [2.75, 3.05) is 5.32 Å². The van der Waals surface area contributed by atoms with Gasteiger partial charge in [0, 0.05) is 35.8 Å². The fraction of sp³-hybridized carbons (Fsp3) is 0.0385. The van der Waals surface area contributed by atoms with Crippen molar-refractivity contribution in [1.29, 1.82) is 0 Å². The minimum Gasteiger partial charge on any atom is -0.348 e. The lowest BCUT2D eigenvalue weighted by Crippen LogP contribution is -2.23. The molecular formula is C26H21N3O2. The van der Waals surface area contributed by atoms with Crippen molar-refractivity contribution in [2.24, 2.45) is 0 Å². The van der Waals surface area contributed by atoms with Gasteiger partial charge in [0.1, 0.15) is 0 Å². The highest BCUT2D eigenvalue weighted by atomic mass is 16.2. The van der Waals surface area contributed by atoms with Gasteiger partial charge in [-0.1, -0.05) is 42.5 Å². The number of nitrogens with zero attached hydrogens (tertiary/aromatic N) is 1. The molecule has 0 fully saturated rings. The molecule has 5 heteroatoms. The SMILES string of the molecule is O=C(NCc1cccc(C(=O)Nc2ccccc2)c1)c1ccc(-c2ccncc2)cc1. The van der Waals surface area contributed by atoms with Gasteiger partial charge in [-0.3, -0.25) is 14.6 Å². The third kappa shape index (κ3) is 5.22. The Hall–Kier alpha value is -4.25. The summed E-state index contributed by atoms with van der Waals surface area (Å²) in [6, 6.07) is 27.8. The summed E-state index contributed by atoms with van der Waals surface area (Å²) in [5.74, 6) is -0.355. The van der Waals surface area contributed by atoms with Gasteiger partial charge in [-0.05, 0) is 65.2 Å². The molecule has 0 aliphatic carbocycles. The Morgan fingerprint density at radius 1 is 0.677 bits per heavy atom. The number of carbonyl (C=O) groups excluding carboxylic acids is 2. The van der Waals surface area contributed by atoms with E-state index in [1.807, 2.05) is 66.7 Å². The summed E-state index contributed by atoms with van der Waals surface area (Å²) in [6.07, 6.45) is 3.48. The molecule has 0 saturated heterocycles. The summed E-state index contributed by atoms with van der Waals surface area (Å²) in [4.78, 5) is 29.0. The quantitative estimate of drug-likeness (QED) is 0.476. The van der Waals surface area contributed by atoms with Gasteiger partial charge in [0.15, 0.2) is 0 Å². The van der Waals surface area contributed by atoms with Crippen LogP contribution in [-0.4, -0.2) is 16.8 Å². The second kappa shape index (κ2) is 9.50. The minimum absolute atomic E-state index is 0.166. The zero-order valence-electron chi connectivity index (χ0n) is 16.8. The number of para-hydroxylation sites is 1. The number of carbonyl (C=O) groups is 2. The number of anilines is 1. The Kier molecular flexibility index (Phi) is 6.14. The van der Waals surface area contributed by atoms with Gasteiger partial charge in [0.25, 0.3) is 11.8 Å². The van der Waals surface area contributed by atoms with Gasteiger partial charge in [0.05, 0.1) is 0 Å². The van der Waals surface area contributed by atoms with Gasteiger partial charge >= 0.3 is 0 Å². The Balaban J connectivity index is 1.37. The molecule has 4 rings (SSSR count). The summed E-state index contributed by atoms with van der Waals surface area (Å²) >= 11 is 0. The molecule has 152 valence electrons. The van der Waals surface area contributed by atoms with E-state index in [9.17, 15) is 9.59 Å². The van der Waals surface area contributed by atoms with Crippen LogP contribution in [0.3, 0.4) is 0 Å². The van der Waals surface area contributed by atoms with Crippen molar-refractivity contribution in [3.63, 3.8) is 0 Å². The number of nitrogens with one attached hydrogen (secondary N) is 2. The summed E-state index contributed by atoms with van der Waals surface area (Å²) in [6.45, 7) is 0.331. The van der Waals surface area contributed by atoms with Gasteiger partial charge in [0.2, 0.25) is 0 Å². The Morgan fingerprint density at radius 2 is 1.39 bits per heavy atom. The van der Waals surface area contributed by atoms with Crippen molar-refractivity contribution < 1.29 is 9.59 Å². The molecule has 4 aromatic rings. The molecule has 0 radical (unpaired) electrons. The summed E-state index contributed by atoms with van der Waals surface area (Å²) in [5, 5.41) is 5.77. The average molecular weight is 407 g/mol. The number of hydrogen-bond donors (Lipinski definition) is 2. The maximum Gasteiger partial charge on any atom is 0.255 e. The highest BCUT2D eigenvalue weighted by Crippen LogP contribution is 2.18. The van der Waals surface area contributed by atoms with E-state index >= 15 is 0 Å². The molecule has 0 saturated carbocycles. The first kappa shape index (κ1) is 20.0. The fourth-order valence-corrected chi connectivity index (χ4v) is 3.19. The van der Waals surface area contributed by atoms with E-state index in [1.165, 1.54) is 0 Å². The Bertz CT molecular complexity index is 1170. The molecule has 0 atom stereocenters. The highest BCUT2D eigenvalue weighted by molar-refractivity contribution is 6.04. The summed E-state index contributed by atoms with van der Waals surface area (Å²) < 4.78 is 0. The molecule has 0 spiro atoms. The first-order chi connectivity index (χ1) is 15.2. The van der Waals surface area contributed by atoms with Crippen LogP contribution in [0.25, 0.3) is 11.1 Å². The zero-order chi connectivity index (χ0) is 21.5. The van der Waals surface area contributed by atoms with Crippen LogP contribution >= 0.6 is 0 Å². The van der Waals surface area contributed by atoms with Crippen LogP contribution in [0.5, 0.6) is 0 Å². The van der Waals surface area contributed by atoms with Crippen molar-refractivity contribution in [2.45, 2.75) is 6.54 Å². The lowest BCUT2D eigenvalue weighted by molar-refractivity contribution is 0.0950. The largest absolute Gasteiger partial charge is 0.348 e. The van der Waals surface area contributed by atoms with Crippen LogP contribution in [0.15, 0.2) is 103 Å². The maximum absolute atomic E-state index is 12.5. The van der Waals surface area contributed by atoms with E-state index in [0.29, 0.717) is 17.7 Å². The van der Waals surface area contributed by atoms with Crippen molar-refractivity contribution in [3.05, 3.63) is 120 Å². The lowest BCUT2D eigenvalue weighted by Gasteiger charge is -2.09. The van der Waals surface area contributed by atoms with E-state index in [1.54, 1.807) is 36.7 Å². The molecule has 3 aromatic carbocycles. The molecule has 5 nitrogen and oxygen atoms in total. The van der Waals surface area contributed by atoms with Crippen LogP contribution in [0.2, 0.25) is 0 Å². The van der Waals surface area contributed by atoms with Crippen molar-refractivity contribution >= 4 is 17.5 Å². The second-order valence-electron chi connectivity index (χ2n) is 7.02. The van der Waals surface area contributed by atoms with Crippen molar-refractivity contribution in [1.82, 2.24) is 10.3 Å². The standard InChI is InChI=1S/C26H21N3O2/c30-25(22-11-9-20(10-12-22)21-13-15-27-16-14-21)28-18-19-5-4-6-23(17-19)26(31)29-24-7-2-1-3-8-24/h1-17H,18H2,(H,28,30)(H,29,31). The minimum atomic E-state index is -0.189. The number of benzene rings is 3. The van der Waals surface area contributed by atoms with Crippen LogP contribution in [-0.2, 0) is 6.54 Å². The molecule has 2 N–H and O–H groups in total. The second-order valence-corrected chi connectivity index (χ2v) is 7.02. The number of aromatic nitrogens is 1. The van der Waals surface area contributed by atoms with Gasteiger partial charge in [-0.15, -0.1) is 0 Å². The zero-order valence-corrected chi connectivity index (χ0v) is 16.8. The molecule has 0 aliphatic heterocycles. The monoisotopic (exact) mass is 407 g/mol. The van der Waals surface area contributed by atoms with Crippen LogP contribution < -0.4 is 10.6 Å². The third-order valence-corrected chi connectivity index (χ3v) is 4.83. The molecular weight excluding hydrogens is 386 g/mol. The number of pyridine rings is 1. The molecule has 2 amide bonds. The molecule has 0 aliphatic rings. The third-order valence-electron chi connectivity index (χ3n) is 4.83. The summed E-state index contributed by atoms with van der Waals surface area (Å²) in [7, 11) is 0. The van der Waals surface area contributed by atoms with Crippen molar-refractivity contribution in [3.8, 4) is 11.1 Å². The topological polar surface area (TPSA) is 71.1 Å².